The molecule has 4 heterocycles. The molecule has 2 aromatic rings. The second-order valence-corrected chi connectivity index (χ2v) is 9.29. The van der Waals surface area contributed by atoms with Crippen LogP contribution in [0, 0.1) is 25.7 Å². The number of hydrogen-bond donors (Lipinski definition) is 0. The number of likely N-dealkylation sites (tertiary alicyclic amines) is 2. The van der Waals surface area contributed by atoms with Crippen LogP contribution in [0.1, 0.15) is 34.1 Å². The number of hydrogen-bond acceptors (Lipinski definition) is 6. The molecular weight excluding hydrogens is 336 g/mol. The van der Waals surface area contributed by atoms with E-state index >= 15 is 0 Å². The van der Waals surface area contributed by atoms with Crippen molar-refractivity contribution in [3.63, 3.8) is 0 Å². The maximum atomic E-state index is 4.63. The van der Waals surface area contributed by atoms with Crippen LogP contribution >= 0.6 is 22.7 Å². The van der Waals surface area contributed by atoms with Gasteiger partial charge in [0, 0.05) is 36.4 Å². The summed E-state index contributed by atoms with van der Waals surface area (Å²) in [6.07, 6.45) is 2.68. The summed E-state index contributed by atoms with van der Waals surface area (Å²) in [4.78, 5) is 15.8. The van der Waals surface area contributed by atoms with Crippen LogP contribution < -0.4 is 0 Å². The van der Waals surface area contributed by atoms with Crippen molar-refractivity contribution >= 4 is 22.7 Å². The van der Waals surface area contributed by atoms with E-state index in [1.165, 1.54) is 60.3 Å². The normalized spacial score (nSPS) is 25.8. The molecule has 2 atom stereocenters. The summed E-state index contributed by atoms with van der Waals surface area (Å²) < 4.78 is 0. The van der Waals surface area contributed by atoms with Gasteiger partial charge >= 0.3 is 0 Å². The van der Waals surface area contributed by atoms with Gasteiger partial charge in [0.1, 0.15) is 0 Å². The average Bonchev–Trinajstić information content (AvgIpc) is 3.22. The molecule has 0 amide bonds. The van der Waals surface area contributed by atoms with Crippen LogP contribution in [0.25, 0.3) is 0 Å². The van der Waals surface area contributed by atoms with Crippen molar-refractivity contribution in [3.8, 4) is 0 Å². The van der Waals surface area contributed by atoms with E-state index in [2.05, 4.69) is 39.0 Å². The highest BCUT2D eigenvalue weighted by Gasteiger charge is 2.35. The smallest absolute Gasteiger partial charge is 0.0897 e. The molecule has 4 nitrogen and oxygen atoms in total. The first-order valence-electron chi connectivity index (χ1n) is 8.92. The van der Waals surface area contributed by atoms with Crippen LogP contribution in [0.15, 0.2) is 10.9 Å². The maximum Gasteiger partial charge on any atom is 0.0897 e. The molecule has 0 spiro atoms. The van der Waals surface area contributed by atoms with Gasteiger partial charge in [0.25, 0.3) is 0 Å². The highest BCUT2D eigenvalue weighted by molar-refractivity contribution is 7.09. The van der Waals surface area contributed by atoms with E-state index < -0.39 is 0 Å². The van der Waals surface area contributed by atoms with E-state index in [1.54, 1.807) is 11.3 Å². The Morgan fingerprint density at radius 3 is 2.38 bits per heavy atom. The standard InChI is InChI=1S/C18H26N4S2/c1-13-18(24-12-19-13)10-22-7-15-3-5-21(6-4-16(15)8-22)9-17-11-23-14(2)20-17/h11-12,15-16H,3-10H2,1-2H3/t15-,16+. The summed E-state index contributed by atoms with van der Waals surface area (Å²) in [6.45, 7) is 11.4. The van der Waals surface area contributed by atoms with Crippen LogP contribution in [0.3, 0.4) is 0 Å². The first kappa shape index (κ1) is 16.6. The van der Waals surface area contributed by atoms with Gasteiger partial charge in [0.2, 0.25) is 0 Å². The van der Waals surface area contributed by atoms with Crippen LogP contribution in [0.5, 0.6) is 0 Å². The molecule has 2 aliphatic rings. The number of thiazole rings is 2. The monoisotopic (exact) mass is 362 g/mol. The largest absolute Gasteiger partial charge is 0.298 e. The fraction of sp³-hybridized carbons (Fsp3) is 0.667. The third-order valence-corrected chi connectivity index (χ3v) is 7.29. The van der Waals surface area contributed by atoms with Crippen molar-refractivity contribution in [2.24, 2.45) is 11.8 Å². The number of rotatable bonds is 4. The van der Waals surface area contributed by atoms with Crippen molar-refractivity contribution in [2.75, 3.05) is 26.2 Å². The summed E-state index contributed by atoms with van der Waals surface area (Å²) in [5.74, 6) is 1.75. The van der Waals surface area contributed by atoms with Crippen molar-refractivity contribution in [2.45, 2.75) is 39.8 Å². The zero-order valence-corrected chi connectivity index (χ0v) is 16.2. The van der Waals surface area contributed by atoms with Gasteiger partial charge in [-0.25, -0.2) is 9.97 Å². The molecule has 0 aromatic carbocycles. The molecule has 2 aromatic heterocycles. The summed E-state index contributed by atoms with van der Waals surface area (Å²) in [7, 11) is 0. The quantitative estimate of drug-likeness (QED) is 0.832. The lowest BCUT2D eigenvalue weighted by atomic mass is 9.92. The minimum absolute atomic E-state index is 0.875. The predicted octanol–water partition coefficient (Wildman–Crippen LogP) is 3.56. The average molecular weight is 363 g/mol. The zero-order valence-electron chi connectivity index (χ0n) is 14.6. The SMILES string of the molecule is Cc1nc(CN2CC[C@@H]3CN(Cc4scnc4C)C[C@@H]3CC2)cs1. The van der Waals surface area contributed by atoms with Crippen molar-refractivity contribution < 1.29 is 0 Å². The summed E-state index contributed by atoms with van der Waals surface area (Å²) in [5, 5.41) is 3.41. The van der Waals surface area contributed by atoms with Crippen LogP contribution in [0.2, 0.25) is 0 Å². The fourth-order valence-electron chi connectivity index (χ4n) is 4.18. The van der Waals surface area contributed by atoms with E-state index in [0.29, 0.717) is 0 Å². The Hall–Kier alpha value is -0.820. The van der Waals surface area contributed by atoms with E-state index in [0.717, 1.165) is 24.9 Å². The maximum absolute atomic E-state index is 4.63. The molecule has 24 heavy (non-hydrogen) atoms. The lowest BCUT2D eigenvalue weighted by Gasteiger charge is -2.21. The van der Waals surface area contributed by atoms with Gasteiger partial charge in [-0.2, -0.15) is 0 Å². The van der Waals surface area contributed by atoms with Crippen LogP contribution in [0.4, 0.5) is 0 Å². The van der Waals surface area contributed by atoms with E-state index in [4.69, 9.17) is 0 Å². The molecule has 6 heteroatoms. The van der Waals surface area contributed by atoms with E-state index in [9.17, 15) is 0 Å². The second-order valence-electron chi connectivity index (χ2n) is 7.29. The predicted molar refractivity (Wildman–Crippen MR) is 100 cm³/mol. The molecule has 2 aliphatic heterocycles. The van der Waals surface area contributed by atoms with Crippen LogP contribution in [-0.2, 0) is 13.1 Å². The highest BCUT2D eigenvalue weighted by Crippen LogP contribution is 2.33. The molecule has 4 rings (SSSR count). The molecule has 2 saturated heterocycles. The number of aromatic nitrogens is 2. The Balaban J connectivity index is 1.31. The zero-order chi connectivity index (χ0) is 16.5. The molecule has 0 aliphatic carbocycles. The Bertz CT molecular complexity index is 664. The first-order chi connectivity index (χ1) is 11.7. The lowest BCUT2D eigenvalue weighted by Crippen LogP contribution is -2.27. The van der Waals surface area contributed by atoms with Gasteiger partial charge < -0.3 is 0 Å². The Kier molecular flexibility index (Phi) is 4.99. The van der Waals surface area contributed by atoms with E-state index in [-0.39, 0.29) is 0 Å². The highest BCUT2D eigenvalue weighted by atomic mass is 32.1. The number of nitrogens with zero attached hydrogens (tertiary/aromatic N) is 4. The Morgan fingerprint density at radius 1 is 1.04 bits per heavy atom. The van der Waals surface area contributed by atoms with Gasteiger partial charge in [-0.15, -0.1) is 22.7 Å². The molecule has 0 bridgehead atoms. The number of fused-ring (bicyclic) bond motifs is 1. The van der Waals surface area contributed by atoms with E-state index in [1.807, 2.05) is 16.8 Å². The van der Waals surface area contributed by atoms with Crippen molar-refractivity contribution in [3.05, 3.63) is 32.2 Å². The van der Waals surface area contributed by atoms with Crippen molar-refractivity contribution in [1.82, 2.24) is 19.8 Å². The molecular formula is C18H26N4S2. The lowest BCUT2D eigenvalue weighted by molar-refractivity contribution is 0.247. The third kappa shape index (κ3) is 3.72. The minimum atomic E-state index is 0.875. The topological polar surface area (TPSA) is 32.3 Å². The fourth-order valence-corrected chi connectivity index (χ4v) is 5.60. The molecule has 0 unspecified atom stereocenters. The summed E-state index contributed by atoms with van der Waals surface area (Å²) in [6, 6.07) is 0. The first-order valence-corrected chi connectivity index (χ1v) is 10.7. The van der Waals surface area contributed by atoms with Gasteiger partial charge in [0.05, 0.1) is 21.9 Å². The molecule has 0 N–H and O–H groups in total. The molecule has 130 valence electrons. The Morgan fingerprint density at radius 2 is 1.79 bits per heavy atom. The van der Waals surface area contributed by atoms with Gasteiger partial charge in [0.15, 0.2) is 0 Å². The third-order valence-electron chi connectivity index (χ3n) is 5.55. The molecule has 0 radical (unpaired) electrons. The van der Waals surface area contributed by atoms with Gasteiger partial charge in [-0.3, -0.25) is 9.80 Å². The van der Waals surface area contributed by atoms with Crippen LogP contribution in [-0.4, -0.2) is 45.9 Å². The summed E-state index contributed by atoms with van der Waals surface area (Å²) >= 11 is 3.58. The number of aryl methyl sites for hydroxylation is 2. The summed E-state index contributed by atoms with van der Waals surface area (Å²) in [5.41, 5.74) is 4.46. The second kappa shape index (κ2) is 7.20. The Labute approximate surface area is 152 Å². The minimum Gasteiger partial charge on any atom is -0.298 e. The van der Waals surface area contributed by atoms with Gasteiger partial charge in [-0.05, 0) is 51.6 Å². The van der Waals surface area contributed by atoms with Gasteiger partial charge in [-0.1, -0.05) is 0 Å². The molecule has 0 saturated carbocycles. The molecule has 2 fully saturated rings. The van der Waals surface area contributed by atoms with Crippen molar-refractivity contribution in [1.29, 1.82) is 0 Å².